The monoisotopic (exact) mass is 269 g/mol. The molecule has 2 aromatic rings. The Morgan fingerprint density at radius 1 is 0.895 bits per heavy atom. The van der Waals surface area contributed by atoms with E-state index in [1.54, 1.807) is 0 Å². The van der Waals surface area contributed by atoms with E-state index in [1.807, 2.05) is 60.7 Å². The van der Waals surface area contributed by atoms with E-state index in [4.69, 9.17) is 11.6 Å². The van der Waals surface area contributed by atoms with Crippen molar-refractivity contribution in [2.24, 2.45) is 0 Å². The maximum absolute atomic E-state index is 9.82. The van der Waals surface area contributed by atoms with E-state index in [0.717, 1.165) is 24.0 Å². The minimum atomic E-state index is -0.600. The van der Waals surface area contributed by atoms with Crippen LogP contribution in [0.1, 0.15) is 24.0 Å². The standard InChI is InChI=1S/C17H16ClN/c18-13-7-12-17(14-19,15-8-3-1-4-9-15)16-10-5-2-6-11-16/h1-6,8-11H,7,12-13H2. The fraction of sp³-hybridized carbons (Fsp3) is 0.235. The number of hydrogen-bond acceptors (Lipinski definition) is 1. The molecule has 19 heavy (non-hydrogen) atoms. The molecular weight excluding hydrogens is 254 g/mol. The molecule has 0 unspecified atom stereocenters. The number of nitrogens with zero attached hydrogens (tertiary/aromatic N) is 1. The zero-order valence-corrected chi connectivity index (χ0v) is 11.5. The molecule has 2 heteroatoms. The van der Waals surface area contributed by atoms with Crippen LogP contribution in [-0.4, -0.2) is 5.88 Å². The third-order valence-electron chi connectivity index (χ3n) is 3.41. The van der Waals surface area contributed by atoms with E-state index < -0.39 is 5.41 Å². The molecule has 2 rings (SSSR count). The smallest absolute Gasteiger partial charge is 0.107 e. The first-order valence-corrected chi connectivity index (χ1v) is 6.95. The quantitative estimate of drug-likeness (QED) is 0.733. The summed E-state index contributed by atoms with van der Waals surface area (Å²) in [7, 11) is 0. The highest BCUT2D eigenvalue weighted by Crippen LogP contribution is 2.36. The van der Waals surface area contributed by atoms with Gasteiger partial charge in [0.05, 0.1) is 6.07 Å². The first-order valence-electron chi connectivity index (χ1n) is 6.42. The predicted molar refractivity (Wildman–Crippen MR) is 79.2 cm³/mol. The van der Waals surface area contributed by atoms with Crippen LogP contribution in [0.4, 0.5) is 0 Å². The maximum atomic E-state index is 9.82. The van der Waals surface area contributed by atoms with E-state index in [2.05, 4.69) is 6.07 Å². The molecule has 0 heterocycles. The van der Waals surface area contributed by atoms with Gasteiger partial charge in [0, 0.05) is 5.88 Å². The molecule has 0 fully saturated rings. The van der Waals surface area contributed by atoms with Crippen LogP contribution in [0.5, 0.6) is 0 Å². The Morgan fingerprint density at radius 2 is 1.37 bits per heavy atom. The van der Waals surface area contributed by atoms with Gasteiger partial charge in [0.25, 0.3) is 0 Å². The largest absolute Gasteiger partial charge is 0.197 e. The minimum Gasteiger partial charge on any atom is -0.197 e. The molecule has 0 radical (unpaired) electrons. The van der Waals surface area contributed by atoms with Gasteiger partial charge < -0.3 is 0 Å². The summed E-state index contributed by atoms with van der Waals surface area (Å²) in [5.41, 5.74) is 1.47. The van der Waals surface area contributed by atoms with Gasteiger partial charge >= 0.3 is 0 Å². The lowest BCUT2D eigenvalue weighted by atomic mass is 9.72. The summed E-state index contributed by atoms with van der Waals surface area (Å²) in [4.78, 5) is 0. The Morgan fingerprint density at radius 3 is 1.74 bits per heavy atom. The van der Waals surface area contributed by atoms with Crippen LogP contribution in [0.3, 0.4) is 0 Å². The molecule has 1 nitrogen and oxygen atoms in total. The lowest BCUT2D eigenvalue weighted by Crippen LogP contribution is -2.26. The number of benzene rings is 2. The number of hydrogen-bond donors (Lipinski definition) is 0. The van der Waals surface area contributed by atoms with Crippen LogP contribution in [0.2, 0.25) is 0 Å². The lowest BCUT2D eigenvalue weighted by Gasteiger charge is -2.27. The van der Waals surface area contributed by atoms with Gasteiger partial charge in [-0.05, 0) is 24.0 Å². The Bertz CT molecular complexity index is 503. The summed E-state index contributed by atoms with van der Waals surface area (Å²) < 4.78 is 0. The average molecular weight is 270 g/mol. The molecule has 0 spiro atoms. The summed E-state index contributed by atoms with van der Waals surface area (Å²) in [6, 6.07) is 22.4. The van der Waals surface area contributed by atoms with Gasteiger partial charge in [-0.25, -0.2) is 0 Å². The molecule has 0 atom stereocenters. The summed E-state index contributed by atoms with van der Waals surface area (Å²) in [6.45, 7) is 0. The van der Waals surface area contributed by atoms with Crippen LogP contribution >= 0.6 is 11.6 Å². The molecule has 0 bridgehead atoms. The van der Waals surface area contributed by atoms with Crippen molar-refractivity contribution in [3.05, 3.63) is 71.8 Å². The van der Waals surface area contributed by atoms with Gasteiger partial charge in [-0.15, -0.1) is 11.6 Å². The van der Waals surface area contributed by atoms with Gasteiger partial charge in [0.15, 0.2) is 0 Å². The third kappa shape index (κ3) is 2.80. The zero-order chi connectivity index (χ0) is 13.6. The maximum Gasteiger partial charge on any atom is 0.107 e. The predicted octanol–water partition coefficient (Wildman–Crippen LogP) is 4.52. The fourth-order valence-corrected chi connectivity index (χ4v) is 2.55. The van der Waals surface area contributed by atoms with E-state index in [1.165, 1.54) is 0 Å². The Hall–Kier alpha value is -1.78. The number of rotatable bonds is 5. The molecule has 0 aliphatic carbocycles. The van der Waals surface area contributed by atoms with Crippen LogP contribution in [0.25, 0.3) is 0 Å². The average Bonchev–Trinajstić information content (AvgIpc) is 2.51. The van der Waals surface area contributed by atoms with Crippen molar-refractivity contribution in [1.29, 1.82) is 5.26 Å². The zero-order valence-electron chi connectivity index (χ0n) is 10.7. The molecule has 96 valence electrons. The van der Waals surface area contributed by atoms with E-state index >= 15 is 0 Å². The van der Waals surface area contributed by atoms with Gasteiger partial charge in [-0.3, -0.25) is 0 Å². The van der Waals surface area contributed by atoms with Crippen molar-refractivity contribution in [2.45, 2.75) is 18.3 Å². The minimum absolute atomic E-state index is 0.573. The fourth-order valence-electron chi connectivity index (χ4n) is 2.42. The highest BCUT2D eigenvalue weighted by Gasteiger charge is 2.33. The van der Waals surface area contributed by atoms with Gasteiger partial charge in [-0.2, -0.15) is 5.26 Å². The first kappa shape index (κ1) is 13.6. The van der Waals surface area contributed by atoms with Gasteiger partial charge in [-0.1, -0.05) is 60.7 Å². The summed E-state index contributed by atoms with van der Waals surface area (Å²) in [5.74, 6) is 0.573. The Labute approximate surface area is 119 Å². The molecule has 0 N–H and O–H groups in total. The highest BCUT2D eigenvalue weighted by atomic mass is 35.5. The van der Waals surface area contributed by atoms with Crippen molar-refractivity contribution in [3.63, 3.8) is 0 Å². The van der Waals surface area contributed by atoms with Crippen LogP contribution in [0.15, 0.2) is 60.7 Å². The number of alkyl halides is 1. The van der Waals surface area contributed by atoms with Crippen molar-refractivity contribution in [2.75, 3.05) is 5.88 Å². The van der Waals surface area contributed by atoms with E-state index in [0.29, 0.717) is 5.88 Å². The van der Waals surface area contributed by atoms with Crippen molar-refractivity contribution >= 4 is 11.6 Å². The van der Waals surface area contributed by atoms with Gasteiger partial charge in [0.2, 0.25) is 0 Å². The number of halogens is 1. The second kappa shape index (κ2) is 6.41. The van der Waals surface area contributed by atoms with Crippen LogP contribution in [-0.2, 0) is 5.41 Å². The lowest BCUT2D eigenvalue weighted by molar-refractivity contribution is 0.584. The molecular formula is C17H16ClN. The molecule has 0 saturated carbocycles. The van der Waals surface area contributed by atoms with E-state index in [-0.39, 0.29) is 0 Å². The molecule has 0 aliphatic heterocycles. The number of nitriles is 1. The summed E-state index contributed by atoms with van der Waals surface area (Å²) in [5, 5.41) is 9.82. The van der Waals surface area contributed by atoms with E-state index in [9.17, 15) is 5.26 Å². The van der Waals surface area contributed by atoms with Gasteiger partial charge in [0.1, 0.15) is 5.41 Å². The highest BCUT2D eigenvalue weighted by molar-refractivity contribution is 6.17. The van der Waals surface area contributed by atoms with Crippen LogP contribution in [0, 0.1) is 11.3 Å². The second-order valence-electron chi connectivity index (χ2n) is 4.54. The topological polar surface area (TPSA) is 23.8 Å². The molecule has 0 saturated heterocycles. The van der Waals surface area contributed by atoms with Crippen molar-refractivity contribution in [3.8, 4) is 6.07 Å². The molecule has 0 aromatic heterocycles. The normalized spacial score (nSPS) is 10.9. The second-order valence-corrected chi connectivity index (χ2v) is 4.92. The molecule has 0 amide bonds. The third-order valence-corrected chi connectivity index (χ3v) is 3.68. The molecule has 0 aliphatic rings. The summed E-state index contributed by atoms with van der Waals surface area (Å²) >= 11 is 5.83. The van der Waals surface area contributed by atoms with Crippen molar-refractivity contribution < 1.29 is 0 Å². The summed E-state index contributed by atoms with van der Waals surface area (Å²) in [6.07, 6.45) is 1.56. The SMILES string of the molecule is N#CC(CCCCl)(c1ccccc1)c1ccccc1. The first-order chi connectivity index (χ1) is 9.33. The Kier molecular flexibility index (Phi) is 4.60. The van der Waals surface area contributed by atoms with Crippen molar-refractivity contribution in [1.82, 2.24) is 0 Å². The molecule has 2 aromatic carbocycles. The Balaban J connectivity index is 2.53. The van der Waals surface area contributed by atoms with Crippen LogP contribution < -0.4 is 0 Å².